The van der Waals surface area contributed by atoms with Crippen LogP contribution in [0.3, 0.4) is 0 Å². The van der Waals surface area contributed by atoms with Gasteiger partial charge in [-0.25, -0.2) is 4.68 Å². The lowest BCUT2D eigenvalue weighted by molar-refractivity contribution is -0.144. The second-order valence-electron chi connectivity index (χ2n) is 5.95. The molecule has 20 heavy (non-hydrogen) atoms. The Bertz CT molecular complexity index is 438. The number of hydrogen-bond acceptors (Lipinski definition) is 6. The van der Waals surface area contributed by atoms with E-state index in [0.717, 1.165) is 6.42 Å². The van der Waals surface area contributed by atoms with Gasteiger partial charge in [0.15, 0.2) is 5.82 Å². The third kappa shape index (κ3) is 4.00. The number of ether oxygens (including phenoxy) is 1. The maximum atomic E-state index is 11.8. The predicted octanol–water partition coefficient (Wildman–Crippen LogP) is 1.11. The minimum Gasteiger partial charge on any atom is -0.468 e. The first-order valence-corrected chi connectivity index (χ1v) is 6.90. The van der Waals surface area contributed by atoms with Gasteiger partial charge in [-0.05, 0) is 37.1 Å². The molecule has 0 amide bonds. The van der Waals surface area contributed by atoms with Crippen LogP contribution >= 0.6 is 0 Å². The van der Waals surface area contributed by atoms with Gasteiger partial charge in [-0.2, -0.15) is 0 Å². The van der Waals surface area contributed by atoms with Crippen molar-refractivity contribution in [2.45, 2.75) is 59.2 Å². The van der Waals surface area contributed by atoms with Crippen molar-refractivity contribution < 1.29 is 9.53 Å². The molecule has 0 aromatic carbocycles. The Balaban J connectivity index is 2.78. The van der Waals surface area contributed by atoms with Crippen LogP contribution in [0.4, 0.5) is 0 Å². The van der Waals surface area contributed by atoms with Gasteiger partial charge in [0.25, 0.3) is 0 Å². The molecule has 1 rings (SSSR count). The second kappa shape index (κ2) is 6.78. The number of rotatable bonds is 6. The van der Waals surface area contributed by atoms with Crippen molar-refractivity contribution in [2.24, 2.45) is 5.92 Å². The van der Waals surface area contributed by atoms with Gasteiger partial charge in [0.1, 0.15) is 6.04 Å². The third-order valence-electron chi connectivity index (χ3n) is 3.32. The summed E-state index contributed by atoms with van der Waals surface area (Å²) in [6, 6.07) is -0.352. The van der Waals surface area contributed by atoms with Crippen molar-refractivity contribution >= 4 is 5.97 Å². The molecule has 0 saturated carbocycles. The Hall–Kier alpha value is -1.50. The summed E-state index contributed by atoms with van der Waals surface area (Å²) < 4.78 is 6.60. The Kier molecular flexibility index (Phi) is 5.62. The minimum atomic E-state index is -0.352. The number of aromatic nitrogens is 4. The number of carbonyl (C=O) groups excluding carboxylic acids is 1. The number of nitrogens with zero attached hydrogens (tertiary/aromatic N) is 4. The average molecular weight is 283 g/mol. The van der Waals surface area contributed by atoms with Crippen molar-refractivity contribution in [1.82, 2.24) is 25.5 Å². The van der Waals surface area contributed by atoms with Crippen LogP contribution in [0.5, 0.6) is 0 Å². The maximum absolute atomic E-state index is 11.8. The number of tetrazole rings is 1. The molecule has 1 N–H and O–H groups in total. The number of esters is 1. The molecular formula is C13H25N5O2. The van der Waals surface area contributed by atoms with Crippen LogP contribution in [-0.4, -0.2) is 39.3 Å². The molecule has 0 aliphatic heterocycles. The van der Waals surface area contributed by atoms with Gasteiger partial charge in [0.2, 0.25) is 0 Å². The Labute approximate surface area is 120 Å². The van der Waals surface area contributed by atoms with Crippen LogP contribution in [0, 0.1) is 5.92 Å². The van der Waals surface area contributed by atoms with E-state index < -0.39 is 0 Å². The number of carbonyl (C=O) groups is 1. The predicted molar refractivity (Wildman–Crippen MR) is 74.9 cm³/mol. The van der Waals surface area contributed by atoms with Crippen molar-refractivity contribution in [3.05, 3.63) is 5.82 Å². The first-order chi connectivity index (χ1) is 9.31. The highest BCUT2D eigenvalue weighted by Crippen LogP contribution is 2.14. The van der Waals surface area contributed by atoms with Crippen LogP contribution < -0.4 is 5.32 Å². The standard InChI is InChI=1S/C13H25N5O2/c1-7-9(2)11(12(19)20-6)14-8-10-15-16-17-18(10)13(3,4)5/h9,11,14H,7-8H2,1-6H3/t9-,11-/m1/s1. The summed E-state index contributed by atoms with van der Waals surface area (Å²) in [5, 5.41) is 14.9. The second-order valence-corrected chi connectivity index (χ2v) is 5.95. The highest BCUT2D eigenvalue weighted by molar-refractivity contribution is 5.75. The number of nitrogens with one attached hydrogen (secondary N) is 1. The first-order valence-electron chi connectivity index (χ1n) is 6.90. The Morgan fingerprint density at radius 3 is 2.60 bits per heavy atom. The lowest BCUT2D eigenvalue weighted by atomic mass is 9.99. The summed E-state index contributed by atoms with van der Waals surface area (Å²) in [4.78, 5) is 11.8. The van der Waals surface area contributed by atoms with Crippen LogP contribution in [0.15, 0.2) is 0 Å². The summed E-state index contributed by atoms with van der Waals surface area (Å²) in [6.45, 7) is 10.6. The van der Waals surface area contributed by atoms with Gasteiger partial charge < -0.3 is 4.74 Å². The fourth-order valence-electron chi connectivity index (χ4n) is 1.92. The minimum absolute atomic E-state index is 0.182. The van der Waals surface area contributed by atoms with E-state index in [1.807, 2.05) is 34.6 Å². The molecule has 2 atom stereocenters. The van der Waals surface area contributed by atoms with Gasteiger partial charge in [0, 0.05) is 0 Å². The van der Waals surface area contributed by atoms with Gasteiger partial charge >= 0.3 is 5.97 Å². The van der Waals surface area contributed by atoms with Crippen molar-refractivity contribution in [3.63, 3.8) is 0 Å². The summed E-state index contributed by atoms with van der Waals surface area (Å²) in [6.07, 6.45) is 0.886. The molecule has 1 heterocycles. The molecule has 114 valence electrons. The quantitative estimate of drug-likeness (QED) is 0.787. The van der Waals surface area contributed by atoms with Gasteiger partial charge in [-0.15, -0.1) is 5.10 Å². The summed E-state index contributed by atoms with van der Waals surface area (Å²) in [5.41, 5.74) is -0.197. The molecule has 1 aromatic heterocycles. The molecule has 7 heteroatoms. The van der Waals surface area contributed by atoms with Gasteiger partial charge in [0.05, 0.1) is 19.2 Å². The van der Waals surface area contributed by atoms with E-state index in [0.29, 0.717) is 12.4 Å². The molecule has 0 saturated heterocycles. The summed E-state index contributed by atoms with van der Waals surface area (Å²) >= 11 is 0. The largest absolute Gasteiger partial charge is 0.468 e. The average Bonchev–Trinajstić information content (AvgIpc) is 2.86. The highest BCUT2D eigenvalue weighted by atomic mass is 16.5. The van der Waals surface area contributed by atoms with E-state index in [2.05, 4.69) is 20.8 Å². The molecule has 0 radical (unpaired) electrons. The molecule has 7 nitrogen and oxygen atoms in total. The Morgan fingerprint density at radius 1 is 1.45 bits per heavy atom. The van der Waals surface area contributed by atoms with Crippen LogP contribution in [0.1, 0.15) is 46.9 Å². The molecule has 0 bridgehead atoms. The number of methoxy groups -OCH3 is 1. The van der Waals surface area contributed by atoms with Crippen molar-refractivity contribution in [1.29, 1.82) is 0 Å². The molecular weight excluding hydrogens is 258 g/mol. The lowest BCUT2D eigenvalue weighted by Gasteiger charge is -2.23. The zero-order valence-electron chi connectivity index (χ0n) is 13.2. The molecule has 0 aliphatic rings. The fraction of sp³-hybridized carbons (Fsp3) is 0.846. The van der Waals surface area contributed by atoms with Crippen molar-refractivity contribution in [3.8, 4) is 0 Å². The molecule has 1 aromatic rings. The third-order valence-corrected chi connectivity index (χ3v) is 3.32. The van der Waals surface area contributed by atoms with Gasteiger partial charge in [-0.1, -0.05) is 20.3 Å². The topological polar surface area (TPSA) is 81.9 Å². The molecule has 0 fully saturated rings. The van der Waals surface area contributed by atoms with E-state index in [1.54, 1.807) is 4.68 Å². The monoisotopic (exact) mass is 283 g/mol. The highest BCUT2D eigenvalue weighted by Gasteiger charge is 2.26. The molecule has 0 spiro atoms. The number of hydrogen-bond donors (Lipinski definition) is 1. The first kappa shape index (κ1) is 16.6. The van der Waals surface area contributed by atoms with Gasteiger partial charge in [-0.3, -0.25) is 10.1 Å². The maximum Gasteiger partial charge on any atom is 0.323 e. The normalized spacial score (nSPS) is 14.9. The SMILES string of the molecule is CC[C@@H](C)[C@@H](NCc1nnnn1C(C)(C)C)C(=O)OC. The summed E-state index contributed by atoms with van der Waals surface area (Å²) in [7, 11) is 1.40. The molecule has 0 unspecified atom stereocenters. The van der Waals surface area contributed by atoms with Crippen LogP contribution in [-0.2, 0) is 21.6 Å². The Morgan fingerprint density at radius 2 is 2.10 bits per heavy atom. The smallest absolute Gasteiger partial charge is 0.323 e. The van der Waals surface area contributed by atoms with E-state index in [9.17, 15) is 4.79 Å². The van der Waals surface area contributed by atoms with Crippen LogP contribution in [0.25, 0.3) is 0 Å². The fourth-order valence-corrected chi connectivity index (χ4v) is 1.92. The van der Waals surface area contributed by atoms with Crippen LogP contribution in [0.2, 0.25) is 0 Å². The van der Waals surface area contributed by atoms with E-state index in [-0.39, 0.29) is 23.5 Å². The van der Waals surface area contributed by atoms with E-state index in [4.69, 9.17) is 4.74 Å². The zero-order valence-corrected chi connectivity index (χ0v) is 13.2. The van der Waals surface area contributed by atoms with E-state index >= 15 is 0 Å². The zero-order chi connectivity index (χ0) is 15.3. The summed E-state index contributed by atoms with van der Waals surface area (Å²) in [5.74, 6) is 0.630. The van der Waals surface area contributed by atoms with E-state index in [1.165, 1.54) is 7.11 Å². The lowest BCUT2D eigenvalue weighted by Crippen LogP contribution is -2.43. The molecule has 0 aliphatic carbocycles. The van der Waals surface area contributed by atoms with Crippen molar-refractivity contribution in [2.75, 3.05) is 7.11 Å².